The maximum atomic E-state index is 12.8. The van der Waals surface area contributed by atoms with Crippen molar-refractivity contribution in [1.29, 1.82) is 0 Å². The first-order valence-corrected chi connectivity index (χ1v) is 9.64. The summed E-state index contributed by atoms with van der Waals surface area (Å²) in [5.41, 5.74) is 2.05. The van der Waals surface area contributed by atoms with Crippen LogP contribution in [0.25, 0.3) is 0 Å². The topological polar surface area (TPSA) is 73.0 Å². The van der Waals surface area contributed by atoms with Gasteiger partial charge < -0.3 is 15.2 Å². The highest BCUT2D eigenvalue weighted by Gasteiger charge is 2.19. The van der Waals surface area contributed by atoms with E-state index >= 15 is 0 Å². The van der Waals surface area contributed by atoms with Gasteiger partial charge in [-0.15, -0.1) is 0 Å². The van der Waals surface area contributed by atoms with Crippen molar-refractivity contribution in [3.8, 4) is 0 Å². The third-order valence-corrected chi connectivity index (χ3v) is 4.82. The number of carbonyl (C=O) groups excluding carboxylic acids is 1. The van der Waals surface area contributed by atoms with Gasteiger partial charge >= 0.3 is 0 Å². The first-order valence-electron chi connectivity index (χ1n) is 9.64. The molecule has 1 aliphatic heterocycles. The number of H-pyrrole nitrogens is 1. The second kappa shape index (κ2) is 9.38. The van der Waals surface area contributed by atoms with Crippen molar-refractivity contribution in [3.05, 3.63) is 42.5 Å². The van der Waals surface area contributed by atoms with Crippen LogP contribution in [0, 0.1) is 0 Å². The van der Waals surface area contributed by atoms with Gasteiger partial charge in [0, 0.05) is 36.9 Å². The fourth-order valence-electron chi connectivity index (χ4n) is 3.33. The first-order chi connectivity index (χ1) is 12.8. The molecule has 1 saturated heterocycles. The van der Waals surface area contributed by atoms with Gasteiger partial charge in [-0.25, -0.2) is 4.98 Å². The number of unbranched alkanes of at least 4 members (excludes halogenated alkanes) is 1. The average molecular weight is 355 g/mol. The fraction of sp³-hybridized carbons (Fsp3) is 0.500. The molecule has 1 unspecified atom stereocenters. The minimum absolute atomic E-state index is 0.0172. The lowest BCUT2D eigenvalue weighted by Gasteiger charge is -2.20. The molecule has 26 heavy (non-hydrogen) atoms. The molecule has 140 valence electrons. The third-order valence-electron chi connectivity index (χ3n) is 4.82. The molecule has 3 N–H and O–H groups in total. The largest absolute Gasteiger partial charge is 0.371 e. The molecule has 3 rings (SSSR count). The quantitative estimate of drug-likeness (QED) is 0.645. The number of aromatic amines is 1. The highest BCUT2D eigenvalue weighted by atomic mass is 16.2. The monoisotopic (exact) mass is 355 g/mol. The number of imidazole rings is 1. The van der Waals surface area contributed by atoms with Gasteiger partial charge in [0.05, 0.1) is 12.6 Å². The molecule has 0 bridgehead atoms. The number of carbonyl (C=O) groups is 1. The summed E-state index contributed by atoms with van der Waals surface area (Å²) in [5.74, 6) is 0.860. The molecule has 1 aromatic carbocycles. The fourth-order valence-corrected chi connectivity index (χ4v) is 3.33. The predicted octanol–water partition coefficient (Wildman–Crippen LogP) is 3.30. The predicted molar refractivity (Wildman–Crippen MR) is 105 cm³/mol. The Kier molecular flexibility index (Phi) is 6.66. The number of nitrogens with one attached hydrogen (secondary N) is 3. The Morgan fingerprint density at radius 2 is 2.19 bits per heavy atom. The van der Waals surface area contributed by atoms with Crippen LogP contribution < -0.4 is 15.5 Å². The maximum absolute atomic E-state index is 12.8. The van der Waals surface area contributed by atoms with Crippen molar-refractivity contribution in [3.63, 3.8) is 0 Å². The summed E-state index contributed by atoms with van der Waals surface area (Å²) >= 11 is 0. The van der Waals surface area contributed by atoms with Crippen LogP contribution in [0.3, 0.4) is 0 Å². The molecule has 1 fully saturated rings. The summed E-state index contributed by atoms with van der Waals surface area (Å²) < 4.78 is 0. The van der Waals surface area contributed by atoms with Crippen LogP contribution in [-0.2, 0) is 11.3 Å². The van der Waals surface area contributed by atoms with Crippen LogP contribution in [0.2, 0.25) is 0 Å². The SMILES string of the molecule is CCCCC(NCc1ncc[nH]1)C(=O)Nc1cccc(N2CCCC2)c1. The van der Waals surface area contributed by atoms with E-state index in [2.05, 4.69) is 44.6 Å². The zero-order valence-corrected chi connectivity index (χ0v) is 15.5. The van der Waals surface area contributed by atoms with Crippen LogP contribution in [-0.4, -0.2) is 35.0 Å². The van der Waals surface area contributed by atoms with E-state index in [9.17, 15) is 4.79 Å². The molecule has 0 saturated carbocycles. The van der Waals surface area contributed by atoms with E-state index in [0.717, 1.165) is 43.9 Å². The number of hydrogen-bond acceptors (Lipinski definition) is 4. The van der Waals surface area contributed by atoms with E-state index in [1.54, 1.807) is 12.4 Å². The Labute approximate surface area is 155 Å². The number of hydrogen-bond donors (Lipinski definition) is 3. The second-order valence-electron chi connectivity index (χ2n) is 6.85. The van der Waals surface area contributed by atoms with Crippen molar-refractivity contribution < 1.29 is 4.79 Å². The van der Waals surface area contributed by atoms with Crippen LogP contribution in [0.1, 0.15) is 44.9 Å². The molecule has 1 atom stereocenters. The summed E-state index contributed by atoms with van der Waals surface area (Å²) in [6.07, 6.45) is 8.89. The Morgan fingerprint density at radius 1 is 1.35 bits per heavy atom. The van der Waals surface area contributed by atoms with Crippen LogP contribution >= 0.6 is 0 Å². The summed E-state index contributed by atoms with van der Waals surface area (Å²) in [5, 5.41) is 6.42. The van der Waals surface area contributed by atoms with Gasteiger partial charge in [0.15, 0.2) is 0 Å². The molecule has 0 spiro atoms. The molecule has 6 heteroatoms. The van der Waals surface area contributed by atoms with E-state index in [1.165, 1.54) is 18.5 Å². The lowest BCUT2D eigenvalue weighted by molar-refractivity contribution is -0.118. The van der Waals surface area contributed by atoms with E-state index in [4.69, 9.17) is 0 Å². The van der Waals surface area contributed by atoms with Crippen LogP contribution in [0.15, 0.2) is 36.7 Å². The van der Waals surface area contributed by atoms with Gasteiger partial charge in [0.25, 0.3) is 0 Å². The molecular weight excluding hydrogens is 326 g/mol. The Morgan fingerprint density at radius 3 is 2.92 bits per heavy atom. The van der Waals surface area contributed by atoms with Crippen LogP contribution in [0.5, 0.6) is 0 Å². The van der Waals surface area contributed by atoms with Crippen molar-refractivity contribution in [2.24, 2.45) is 0 Å². The minimum atomic E-state index is -0.226. The van der Waals surface area contributed by atoms with Gasteiger partial charge in [0.2, 0.25) is 5.91 Å². The zero-order valence-electron chi connectivity index (χ0n) is 15.5. The van der Waals surface area contributed by atoms with Gasteiger partial charge in [0.1, 0.15) is 5.82 Å². The number of amides is 1. The van der Waals surface area contributed by atoms with Gasteiger partial charge in [-0.3, -0.25) is 10.1 Å². The smallest absolute Gasteiger partial charge is 0.241 e. The number of nitrogens with zero attached hydrogens (tertiary/aromatic N) is 2. The van der Waals surface area contributed by atoms with E-state index in [-0.39, 0.29) is 11.9 Å². The zero-order chi connectivity index (χ0) is 18.2. The number of aromatic nitrogens is 2. The molecule has 2 heterocycles. The summed E-state index contributed by atoms with van der Waals surface area (Å²) in [7, 11) is 0. The second-order valence-corrected chi connectivity index (χ2v) is 6.85. The molecule has 1 aliphatic rings. The summed E-state index contributed by atoms with van der Waals surface area (Å²) in [4.78, 5) is 22.4. The molecular formula is C20H29N5O. The normalized spacial score (nSPS) is 15.2. The summed E-state index contributed by atoms with van der Waals surface area (Å²) in [6, 6.07) is 7.94. The first kappa shape index (κ1) is 18.5. The molecule has 1 amide bonds. The Balaban J connectivity index is 1.61. The molecule has 1 aromatic heterocycles. The van der Waals surface area contributed by atoms with E-state index < -0.39 is 0 Å². The van der Waals surface area contributed by atoms with Gasteiger partial charge in [-0.1, -0.05) is 25.8 Å². The maximum Gasteiger partial charge on any atom is 0.241 e. The molecule has 6 nitrogen and oxygen atoms in total. The standard InChI is InChI=1S/C20H29N5O/c1-2-3-9-18(23-15-19-21-10-11-22-19)20(26)24-16-7-6-8-17(14-16)25-12-4-5-13-25/h6-8,10-11,14,18,23H,2-5,9,12-13,15H2,1H3,(H,21,22)(H,24,26). The van der Waals surface area contributed by atoms with E-state index in [1.807, 2.05) is 12.1 Å². The number of rotatable bonds is 9. The molecule has 0 radical (unpaired) electrons. The minimum Gasteiger partial charge on any atom is -0.371 e. The third kappa shape index (κ3) is 5.08. The Hall–Kier alpha value is -2.34. The van der Waals surface area contributed by atoms with Crippen molar-refractivity contribution >= 4 is 17.3 Å². The van der Waals surface area contributed by atoms with Crippen LogP contribution in [0.4, 0.5) is 11.4 Å². The van der Waals surface area contributed by atoms with Crippen molar-refractivity contribution in [1.82, 2.24) is 15.3 Å². The number of benzene rings is 1. The lowest BCUT2D eigenvalue weighted by Crippen LogP contribution is -2.40. The highest BCUT2D eigenvalue weighted by molar-refractivity contribution is 5.95. The Bertz CT molecular complexity index is 679. The number of anilines is 2. The van der Waals surface area contributed by atoms with E-state index in [0.29, 0.717) is 6.54 Å². The molecule has 0 aliphatic carbocycles. The molecule has 2 aromatic rings. The van der Waals surface area contributed by atoms with Crippen molar-refractivity contribution in [2.45, 2.75) is 51.6 Å². The van der Waals surface area contributed by atoms with Gasteiger partial charge in [-0.05, 0) is 37.5 Å². The van der Waals surface area contributed by atoms with Crippen molar-refractivity contribution in [2.75, 3.05) is 23.3 Å². The average Bonchev–Trinajstić information content (AvgIpc) is 3.36. The summed E-state index contributed by atoms with van der Waals surface area (Å²) in [6.45, 7) is 4.89. The lowest BCUT2D eigenvalue weighted by atomic mass is 10.1. The van der Waals surface area contributed by atoms with Gasteiger partial charge in [-0.2, -0.15) is 0 Å². The highest BCUT2D eigenvalue weighted by Crippen LogP contribution is 2.23.